The van der Waals surface area contributed by atoms with Crippen molar-refractivity contribution in [3.05, 3.63) is 0 Å². The second-order valence-electron chi connectivity index (χ2n) is 5.14. The van der Waals surface area contributed by atoms with Crippen molar-refractivity contribution in [1.82, 2.24) is 10.2 Å². The van der Waals surface area contributed by atoms with Crippen LogP contribution in [-0.2, 0) is 4.74 Å². The number of nitrogens with zero attached hydrogens (tertiary/aromatic N) is 1. The Morgan fingerprint density at radius 3 is 2.60 bits per heavy atom. The highest BCUT2D eigenvalue weighted by molar-refractivity contribution is 4.92. The van der Waals surface area contributed by atoms with Crippen molar-refractivity contribution in [1.29, 1.82) is 0 Å². The summed E-state index contributed by atoms with van der Waals surface area (Å²) in [6, 6.07) is 1.52. The molecule has 2 rings (SSSR count). The average molecular weight is 212 g/mol. The van der Waals surface area contributed by atoms with Crippen molar-refractivity contribution in [3.63, 3.8) is 0 Å². The van der Waals surface area contributed by atoms with Crippen molar-refractivity contribution in [3.8, 4) is 0 Å². The summed E-state index contributed by atoms with van der Waals surface area (Å²) in [5, 5.41) is 3.42. The van der Waals surface area contributed by atoms with Crippen LogP contribution >= 0.6 is 0 Å². The molecule has 0 bridgehead atoms. The van der Waals surface area contributed by atoms with Gasteiger partial charge in [-0.2, -0.15) is 0 Å². The van der Waals surface area contributed by atoms with E-state index in [4.69, 9.17) is 4.74 Å². The second kappa shape index (κ2) is 4.81. The minimum Gasteiger partial charge on any atom is -0.381 e. The fourth-order valence-corrected chi connectivity index (χ4v) is 2.97. The van der Waals surface area contributed by atoms with Crippen molar-refractivity contribution in [2.75, 3.05) is 27.2 Å². The first-order valence-electron chi connectivity index (χ1n) is 6.18. The van der Waals surface area contributed by atoms with Crippen LogP contribution in [0.1, 0.15) is 26.2 Å². The van der Waals surface area contributed by atoms with Crippen molar-refractivity contribution in [2.24, 2.45) is 5.92 Å². The Kier molecular flexibility index (Phi) is 3.65. The normalized spacial score (nSPS) is 42.6. The highest BCUT2D eigenvalue weighted by Gasteiger charge is 2.36. The lowest BCUT2D eigenvalue weighted by Gasteiger charge is -2.47. The third-order valence-corrected chi connectivity index (χ3v) is 4.23. The number of likely N-dealkylation sites (tertiary alicyclic amines) is 1. The van der Waals surface area contributed by atoms with Gasteiger partial charge in [0.2, 0.25) is 0 Å². The molecule has 0 radical (unpaired) electrons. The van der Waals surface area contributed by atoms with Gasteiger partial charge in [0.15, 0.2) is 0 Å². The molecule has 1 saturated heterocycles. The number of piperidine rings is 1. The minimum absolute atomic E-state index is 0.535. The van der Waals surface area contributed by atoms with E-state index in [-0.39, 0.29) is 0 Å². The van der Waals surface area contributed by atoms with Gasteiger partial charge >= 0.3 is 0 Å². The average Bonchev–Trinajstić information content (AvgIpc) is 2.16. The first-order chi connectivity index (χ1) is 7.24. The van der Waals surface area contributed by atoms with Crippen molar-refractivity contribution < 1.29 is 4.74 Å². The summed E-state index contributed by atoms with van der Waals surface area (Å²) in [5.74, 6) is 0.783. The lowest BCUT2D eigenvalue weighted by molar-refractivity contribution is -0.0409. The fourth-order valence-electron chi connectivity index (χ4n) is 2.97. The van der Waals surface area contributed by atoms with E-state index in [0.717, 1.165) is 18.0 Å². The van der Waals surface area contributed by atoms with Crippen LogP contribution in [-0.4, -0.2) is 50.3 Å². The highest BCUT2D eigenvalue weighted by atomic mass is 16.5. The molecule has 1 saturated carbocycles. The van der Waals surface area contributed by atoms with Gasteiger partial charge in [-0.15, -0.1) is 0 Å². The van der Waals surface area contributed by atoms with Gasteiger partial charge in [0, 0.05) is 25.7 Å². The molecule has 1 aliphatic heterocycles. The van der Waals surface area contributed by atoms with Gasteiger partial charge in [0.05, 0.1) is 6.10 Å². The van der Waals surface area contributed by atoms with Crippen LogP contribution in [0.3, 0.4) is 0 Å². The number of rotatable bonds is 3. The molecule has 2 atom stereocenters. The van der Waals surface area contributed by atoms with E-state index in [9.17, 15) is 0 Å². The molecular weight excluding hydrogens is 188 g/mol. The van der Waals surface area contributed by atoms with Crippen LogP contribution in [0.2, 0.25) is 0 Å². The fraction of sp³-hybridized carbons (Fsp3) is 1.00. The maximum atomic E-state index is 5.34. The predicted octanol–water partition coefficient (Wildman–Crippen LogP) is 1.09. The molecule has 2 fully saturated rings. The maximum Gasteiger partial charge on any atom is 0.0601 e. The molecule has 1 heterocycles. The Balaban J connectivity index is 1.77. The summed E-state index contributed by atoms with van der Waals surface area (Å²) >= 11 is 0. The largest absolute Gasteiger partial charge is 0.381 e. The maximum absolute atomic E-state index is 5.34. The van der Waals surface area contributed by atoms with Crippen LogP contribution in [0.25, 0.3) is 0 Å². The van der Waals surface area contributed by atoms with Gasteiger partial charge in [-0.25, -0.2) is 0 Å². The van der Waals surface area contributed by atoms with Gasteiger partial charge in [-0.05, 0) is 38.8 Å². The third kappa shape index (κ3) is 2.35. The molecule has 2 aliphatic rings. The summed E-state index contributed by atoms with van der Waals surface area (Å²) in [7, 11) is 3.91. The molecule has 0 spiro atoms. The van der Waals surface area contributed by atoms with E-state index < -0.39 is 0 Å². The molecule has 0 amide bonds. The zero-order chi connectivity index (χ0) is 10.8. The molecule has 1 N–H and O–H groups in total. The Morgan fingerprint density at radius 1 is 1.33 bits per heavy atom. The number of hydrogen-bond acceptors (Lipinski definition) is 3. The van der Waals surface area contributed by atoms with Crippen LogP contribution < -0.4 is 5.32 Å². The molecule has 0 aromatic heterocycles. The number of hydrogen-bond donors (Lipinski definition) is 1. The molecule has 15 heavy (non-hydrogen) atoms. The van der Waals surface area contributed by atoms with E-state index in [1.807, 2.05) is 7.11 Å². The summed E-state index contributed by atoms with van der Waals surface area (Å²) in [6.07, 6.45) is 4.32. The minimum atomic E-state index is 0.535. The van der Waals surface area contributed by atoms with E-state index in [0.29, 0.717) is 6.10 Å². The number of methoxy groups -OCH3 is 1. The van der Waals surface area contributed by atoms with E-state index in [1.165, 1.54) is 32.4 Å². The quantitative estimate of drug-likeness (QED) is 0.758. The number of nitrogens with one attached hydrogen (secondary N) is 1. The zero-order valence-corrected chi connectivity index (χ0v) is 10.2. The molecule has 3 nitrogen and oxygen atoms in total. The predicted molar refractivity (Wildman–Crippen MR) is 62.0 cm³/mol. The zero-order valence-electron chi connectivity index (χ0n) is 10.2. The molecule has 1 aliphatic carbocycles. The standard InChI is InChI=1S/C12H24N2O/c1-9-8-14(5-4-12(9)13-2)10-6-11(7-10)15-3/h9-13H,4-8H2,1-3H3. The first kappa shape index (κ1) is 11.4. The van der Waals surface area contributed by atoms with Crippen LogP contribution in [0.5, 0.6) is 0 Å². The Labute approximate surface area is 93.2 Å². The van der Waals surface area contributed by atoms with Gasteiger partial charge in [0.25, 0.3) is 0 Å². The summed E-state index contributed by atoms with van der Waals surface area (Å²) in [6.45, 7) is 4.88. The molecule has 3 heteroatoms. The molecular formula is C12H24N2O. The van der Waals surface area contributed by atoms with Crippen LogP contribution in [0, 0.1) is 5.92 Å². The van der Waals surface area contributed by atoms with Gasteiger partial charge in [0.1, 0.15) is 0 Å². The van der Waals surface area contributed by atoms with E-state index in [1.54, 1.807) is 0 Å². The number of ether oxygens (including phenoxy) is 1. The third-order valence-electron chi connectivity index (χ3n) is 4.23. The summed E-state index contributed by atoms with van der Waals surface area (Å²) < 4.78 is 5.34. The smallest absolute Gasteiger partial charge is 0.0601 e. The molecule has 88 valence electrons. The van der Waals surface area contributed by atoms with E-state index >= 15 is 0 Å². The Morgan fingerprint density at radius 2 is 2.07 bits per heavy atom. The van der Waals surface area contributed by atoms with Gasteiger partial charge in [-0.3, -0.25) is 4.90 Å². The molecule has 0 aromatic rings. The second-order valence-corrected chi connectivity index (χ2v) is 5.14. The lowest BCUT2D eigenvalue weighted by atomic mass is 9.84. The van der Waals surface area contributed by atoms with Gasteiger partial charge in [-0.1, -0.05) is 6.92 Å². The monoisotopic (exact) mass is 212 g/mol. The highest BCUT2D eigenvalue weighted by Crippen LogP contribution is 2.31. The summed E-state index contributed by atoms with van der Waals surface area (Å²) in [4.78, 5) is 2.66. The topological polar surface area (TPSA) is 24.5 Å². The summed E-state index contributed by atoms with van der Waals surface area (Å²) in [5.41, 5.74) is 0. The SMILES string of the molecule is CNC1CCN(C2CC(OC)C2)CC1C. The van der Waals surface area contributed by atoms with Crippen LogP contribution in [0.15, 0.2) is 0 Å². The molecule has 0 aromatic carbocycles. The van der Waals surface area contributed by atoms with Crippen molar-refractivity contribution >= 4 is 0 Å². The van der Waals surface area contributed by atoms with E-state index in [2.05, 4.69) is 24.2 Å². The Hall–Kier alpha value is -0.120. The molecule has 2 unspecified atom stereocenters. The van der Waals surface area contributed by atoms with Gasteiger partial charge < -0.3 is 10.1 Å². The lowest BCUT2D eigenvalue weighted by Crippen LogP contribution is -2.55. The first-order valence-corrected chi connectivity index (χ1v) is 6.18. The Bertz CT molecular complexity index is 204. The van der Waals surface area contributed by atoms with Crippen LogP contribution in [0.4, 0.5) is 0 Å². The van der Waals surface area contributed by atoms with Crippen molar-refractivity contribution in [2.45, 2.75) is 44.4 Å².